The van der Waals surface area contributed by atoms with Crippen molar-refractivity contribution < 1.29 is 4.79 Å². The van der Waals surface area contributed by atoms with Crippen LogP contribution in [-0.4, -0.2) is 24.0 Å². The number of pyridine rings is 1. The first-order chi connectivity index (χ1) is 9.00. The average Bonchev–Trinajstić information content (AvgIpc) is 2.37. The van der Waals surface area contributed by atoms with Gasteiger partial charge in [-0.2, -0.15) is 0 Å². The van der Waals surface area contributed by atoms with Gasteiger partial charge in [-0.15, -0.1) is 0 Å². The van der Waals surface area contributed by atoms with Gasteiger partial charge in [0.2, 0.25) is 0 Å². The third-order valence-corrected chi connectivity index (χ3v) is 3.82. The van der Waals surface area contributed by atoms with Crippen LogP contribution in [0, 0.1) is 5.41 Å². The number of amides is 1. The molecule has 1 heterocycles. The molecule has 104 valence electrons. The molecule has 1 amide bonds. The number of hydrogen-bond acceptors (Lipinski definition) is 3. The van der Waals surface area contributed by atoms with E-state index in [-0.39, 0.29) is 5.91 Å². The third-order valence-electron chi connectivity index (χ3n) is 3.82. The lowest BCUT2D eigenvalue weighted by Crippen LogP contribution is -2.40. The molecule has 0 aromatic carbocycles. The lowest BCUT2D eigenvalue weighted by Gasteiger charge is -2.35. The summed E-state index contributed by atoms with van der Waals surface area (Å²) in [5.41, 5.74) is 1.01. The van der Waals surface area contributed by atoms with Gasteiger partial charge in [-0.1, -0.05) is 20.3 Å². The van der Waals surface area contributed by atoms with Crippen molar-refractivity contribution in [3.8, 4) is 0 Å². The summed E-state index contributed by atoms with van der Waals surface area (Å²) in [5.74, 6) is 0.721. The van der Waals surface area contributed by atoms with Crippen molar-refractivity contribution in [3.63, 3.8) is 0 Å². The molecular formula is C15H23N3O. The fourth-order valence-corrected chi connectivity index (χ4v) is 2.80. The van der Waals surface area contributed by atoms with Crippen molar-refractivity contribution in [2.45, 2.75) is 45.6 Å². The topological polar surface area (TPSA) is 54.0 Å². The molecule has 1 aromatic rings. The number of hydrogen-bond donors (Lipinski definition) is 2. The predicted octanol–water partition coefficient (Wildman–Crippen LogP) is 2.82. The maximum absolute atomic E-state index is 12.2. The molecule has 0 saturated heterocycles. The van der Waals surface area contributed by atoms with Gasteiger partial charge in [0.25, 0.3) is 5.91 Å². The van der Waals surface area contributed by atoms with Crippen LogP contribution in [0.1, 0.15) is 49.9 Å². The normalized spacial score (nSPS) is 21.7. The van der Waals surface area contributed by atoms with E-state index >= 15 is 0 Å². The zero-order chi connectivity index (χ0) is 13.9. The maximum Gasteiger partial charge on any atom is 0.251 e. The van der Waals surface area contributed by atoms with Crippen molar-refractivity contribution in [1.29, 1.82) is 0 Å². The summed E-state index contributed by atoms with van der Waals surface area (Å²) in [6.45, 7) is 4.55. The van der Waals surface area contributed by atoms with E-state index in [9.17, 15) is 4.79 Å². The molecule has 1 aliphatic carbocycles. The lowest BCUT2D eigenvalue weighted by molar-refractivity contribution is 0.0902. The minimum atomic E-state index is 0.00148. The van der Waals surface area contributed by atoms with Gasteiger partial charge in [0.05, 0.1) is 0 Å². The largest absolute Gasteiger partial charge is 0.373 e. The lowest BCUT2D eigenvalue weighted by atomic mass is 9.75. The molecule has 0 bridgehead atoms. The second kappa shape index (κ2) is 5.59. The van der Waals surface area contributed by atoms with Crippen LogP contribution in [-0.2, 0) is 0 Å². The van der Waals surface area contributed by atoms with Crippen molar-refractivity contribution >= 4 is 11.7 Å². The van der Waals surface area contributed by atoms with Crippen LogP contribution in [0.25, 0.3) is 0 Å². The Labute approximate surface area is 115 Å². The average molecular weight is 261 g/mol. The Morgan fingerprint density at radius 3 is 2.95 bits per heavy atom. The van der Waals surface area contributed by atoms with E-state index in [4.69, 9.17) is 0 Å². The number of rotatable bonds is 3. The second-order valence-corrected chi connectivity index (χ2v) is 6.11. The number of nitrogens with one attached hydrogen (secondary N) is 2. The summed E-state index contributed by atoms with van der Waals surface area (Å²) in [7, 11) is 1.80. The van der Waals surface area contributed by atoms with Crippen LogP contribution in [0.2, 0.25) is 0 Å². The van der Waals surface area contributed by atoms with Gasteiger partial charge in [-0.05, 0) is 36.8 Å². The van der Waals surface area contributed by atoms with Crippen LogP contribution in [0.4, 0.5) is 5.82 Å². The first-order valence-corrected chi connectivity index (χ1v) is 6.95. The molecule has 1 unspecified atom stereocenters. The number of aromatic nitrogens is 1. The smallest absolute Gasteiger partial charge is 0.251 e. The van der Waals surface area contributed by atoms with Crippen LogP contribution in [0.15, 0.2) is 18.3 Å². The fraction of sp³-hybridized carbons (Fsp3) is 0.600. The highest BCUT2D eigenvalue weighted by molar-refractivity contribution is 5.94. The molecule has 1 saturated carbocycles. The van der Waals surface area contributed by atoms with Gasteiger partial charge in [-0.25, -0.2) is 4.98 Å². The summed E-state index contributed by atoms with van der Waals surface area (Å²) < 4.78 is 0. The molecule has 0 radical (unpaired) electrons. The molecule has 0 aliphatic heterocycles. The van der Waals surface area contributed by atoms with E-state index in [1.165, 1.54) is 12.8 Å². The van der Waals surface area contributed by atoms with Crippen molar-refractivity contribution in [2.24, 2.45) is 5.41 Å². The molecule has 0 spiro atoms. The highest BCUT2D eigenvalue weighted by Crippen LogP contribution is 2.35. The highest BCUT2D eigenvalue weighted by atomic mass is 16.1. The Balaban J connectivity index is 2.00. The van der Waals surface area contributed by atoms with E-state index in [0.717, 1.165) is 18.7 Å². The van der Waals surface area contributed by atoms with Gasteiger partial charge in [0.1, 0.15) is 5.82 Å². The van der Waals surface area contributed by atoms with Gasteiger partial charge in [-0.3, -0.25) is 4.79 Å². The minimum Gasteiger partial charge on any atom is -0.373 e. The Morgan fingerprint density at radius 1 is 1.47 bits per heavy atom. The Morgan fingerprint density at radius 2 is 2.26 bits per heavy atom. The van der Waals surface area contributed by atoms with Crippen molar-refractivity contribution in [3.05, 3.63) is 23.9 Å². The number of anilines is 1. The first-order valence-electron chi connectivity index (χ1n) is 6.95. The van der Waals surface area contributed by atoms with Crippen LogP contribution in [0.3, 0.4) is 0 Å². The van der Waals surface area contributed by atoms with Gasteiger partial charge >= 0.3 is 0 Å². The fourth-order valence-electron chi connectivity index (χ4n) is 2.80. The number of carbonyl (C=O) groups excluding carboxylic acids is 1. The number of nitrogens with zero attached hydrogens (tertiary/aromatic N) is 1. The Bertz CT molecular complexity index is 456. The summed E-state index contributed by atoms with van der Waals surface area (Å²) in [4.78, 5) is 16.3. The van der Waals surface area contributed by atoms with Crippen LogP contribution < -0.4 is 10.6 Å². The molecule has 4 heteroatoms. The Hall–Kier alpha value is -1.58. The van der Waals surface area contributed by atoms with E-state index < -0.39 is 0 Å². The maximum atomic E-state index is 12.2. The van der Waals surface area contributed by atoms with E-state index in [0.29, 0.717) is 17.0 Å². The standard InChI is InChI=1S/C15H23N3O/c1-15(2)7-4-5-12(10-15)18-14(19)11-6-8-17-13(9-11)16-3/h6,8-9,12H,4-5,7,10H2,1-3H3,(H,16,17)(H,18,19). The summed E-state index contributed by atoms with van der Waals surface area (Å²) in [6, 6.07) is 3.83. The summed E-state index contributed by atoms with van der Waals surface area (Å²) >= 11 is 0. The van der Waals surface area contributed by atoms with E-state index in [1.807, 2.05) is 0 Å². The first kappa shape index (κ1) is 13.8. The van der Waals surface area contributed by atoms with Crippen LogP contribution >= 0.6 is 0 Å². The Kier molecular flexibility index (Phi) is 4.08. The van der Waals surface area contributed by atoms with Gasteiger partial charge in [0, 0.05) is 24.8 Å². The minimum absolute atomic E-state index is 0.00148. The third kappa shape index (κ3) is 3.69. The zero-order valence-corrected chi connectivity index (χ0v) is 12.0. The molecule has 2 rings (SSSR count). The van der Waals surface area contributed by atoms with Crippen molar-refractivity contribution in [2.75, 3.05) is 12.4 Å². The molecule has 1 fully saturated rings. The number of carbonyl (C=O) groups is 1. The molecular weight excluding hydrogens is 238 g/mol. The van der Waals surface area contributed by atoms with E-state index in [2.05, 4.69) is 29.5 Å². The zero-order valence-electron chi connectivity index (χ0n) is 12.0. The van der Waals surface area contributed by atoms with E-state index in [1.54, 1.807) is 25.4 Å². The highest BCUT2D eigenvalue weighted by Gasteiger charge is 2.28. The molecule has 4 nitrogen and oxygen atoms in total. The SMILES string of the molecule is CNc1cc(C(=O)NC2CCCC(C)(C)C2)ccn1. The van der Waals surface area contributed by atoms with Crippen LogP contribution in [0.5, 0.6) is 0 Å². The molecule has 19 heavy (non-hydrogen) atoms. The van der Waals surface area contributed by atoms with Crippen molar-refractivity contribution in [1.82, 2.24) is 10.3 Å². The molecule has 2 N–H and O–H groups in total. The monoisotopic (exact) mass is 261 g/mol. The van der Waals surface area contributed by atoms with Gasteiger partial charge in [0.15, 0.2) is 0 Å². The summed E-state index contributed by atoms with van der Waals surface area (Å²) in [5, 5.41) is 6.10. The predicted molar refractivity (Wildman–Crippen MR) is 77.3 cm³/mol. The molecule has 1 atom stereocenters. The van der Waals surface area contributed by atoms with Gasteiger partial charge < -0.3 is 10.6 Å². The quantitative estimate of drug-likeness (QED) is 0.879. The second-order valence-electron chi connectivity index (χ2n) is 6.11. The molecule has 1 aromatic heterocycles. The summed E-state index contributed by atoms with van der Waals surface area (Å²) in [6.07, 6.45) is 6.24. The molecule has 1 aliphatic rings.